The molecule has 1 aromatic rings. The van der Waals surface area contributed by atoms with Crippen LogP contribution in [0, 0.1) is 0 Å². The molecule has 0 bridgehead atoms. The number of hydrogen-bond acceptors (Lipinski definition) is 1. The summed E-state index contributed by atoms with van der Waals surface area (Å²) in [5.74, 6) is -1.16. The Morgan fingerprint density at radius 1 is 1.17 bits per heavy atom. The van der Waals surface area contributed by atoms with Gasteiger partial charge in [-0.1, -0.05) is 23.7 Å². The van der Waals surface area contributed by atoms with E-state index in [0.717, 1.165) is 24.3 Å². The third kappa shape index (κ3) is 3.83. The van der Waals surface area contributed by atoms with Gasteiger partial charge in [-0.2, -0.15) is 13.2 Å². The fraction of sp³-hybridized carbons (Fsp3) is 0.300. The predicted octanol–water partition coefficient (Wildman–Crippen LogP) is 3.73. The fourth-order valence-electron chi connectivity index (χ4n) is 1.12. The first-order chi connectivity index (χ1) is 8.21. The molecule has 0 aliphatic carbocycles. The molecule has 1 rings (SSSR count). The summed E-state index contributed by atoms with van der Waals surface area (Å²) in [6.45, 7) is 0. The largest absolute Gasteiger partial charge is 0.423 e. The van der Waals surface area contributed by atoms with Gasteiger partial charge in [0, 0.05) is 5.69 Å². The Hall–Kier alpha value is -1.37. The molecule has 0 saturated carbocycles. The van der Waals surface area contributed by atoms with E-state index in [-0.39, 0.29) is 5.69 Å². The lowest BCUT2D eigenvalue weighted by molar-refractivity contribution is -0.182. The minimum Gasteiger partial charge on any atom is -0.322 e. The first kappa shape index (κ1) is 14.7. The third-order valence-electron chi connectivity index (χ3n) is 1.96. The maximum atomic E-state index is 12.9. The van der Waals surface area contributed by atoms with Gasteiger partial charge >= 0.3 is 6.18 Å². The number of carbonyl (C=O) groups excluding carboxylic acids is 1. The van der Waals surface area contributed by atoms with E-state index in [1.54, 1.807) is 0 Å². The lowest BCUT2D eigenvalue weighted by Crippen LogP contribution is -2.19. The van der Waals surface area contributed by atoms with E-state index < -0.39 is 29.4 Å². The van der Waals surface area contributed by atoms with E-state index in [2.05, 4.69) is 0 Å². The molecule has 18 heavy (non-hydrogen) atoms. The molecule has 0 aliphatic rings. The van der Waals surface area contributed by atoms with Crippen molar-refractivity contribution in [2.45, 2.75) is 18.0 Å². The standard InChI is InChI=1S/C10H7ClF5NO/c11-8(13)9(18)17-6-3-1-5(2-4-6)7(12)10(14,15)16/h1-4,7-8H,(H,17,18). The van der Waals surface area contributed by atoms with Gasteiger partial charge in [-0.3, -0.25) is 4.79 Å². The summed E-state index contributed by atoms with van der Waals surface area (Å²) in [7, 11) is 0. The van der Waals surface area contributed by atoms with Crippen molar-refractivity contribution in [1.29, 1.82) is 0 Å². The molecule has 0 fully saturated rings. The van der Waals surface area contributed by atoms with Crippen LogP contribution in [0.15, 0.2) is 24.3 Å². The Bertz CT molecular complexity index is 417. The van der Waals surface area contributed by atoms with E-state index in [1.807, 2.05) is 5.32 Å². The topological polar surface area (TPSA) is 29.1 Å². The van der Waals surface area contributed by atoms with Gasteiger partial charge in [0.2, 0.25) is 6.17 Å². The van der Waals surface area contributed by atoms with Crippen LogP contribution in [0.1, 0.15) is 11.7 Å². The zero-order valence-electron chi connectivity index (χ0n) is 8.64. The molecule has 0 aromatic heterocycles. The van der Waals surface area contributed by atoms with Gasteiger partial charge in [0.1, 0.15) is 0 Å². The maximum Gasteiger partial charge on any atom is 0.423 e. The summed E-state index contributed by atoms with van der Waals surface area (Å²) in [5.41, 5.74) is -2.86. The molecule has 0 radical (unpaired) electrons. The van der Waals surface area contributed by atoms with E-state index in [1.165, 1.54) is 0 Å². The quantitative estimate of drug-likeness (QED) is 0.666. The zero-order valence-corrected chi connectivity index (χ0v) is 9.40. The van der Waals surface area contributed by atoms with Crippen LogP contribution in [-0.4, -0.2) is 17.7 Å². The molecular formula is C10H7ClF5NO. The van der Waals surface area contributed by atoms with Crippen LogP contribution >= 0.6 is 11.6 Å². The average Bonchev–Trinajstić information content (AvgIpc) is 2.27. The number of nitrogens with one attached hydrogen (secondary N) is 1. The van der Waals surface area contributed by atoms with Crippen molar-refractivity contribution in [2.75, 3.05) is 5.32 Å². The Morgan fingerprint density at radius 3 is 2.06 bits per heavy atom. The van der Waals surface area contributed by atoms with Crippen LogP contribution in [0.3, 0.4) is 0 Å². The highest BCUT2D eigenvalue weighted by Crippen LogP contribution is 2.36. The first-order valence-corrected chi connectivity index (χ1v) is 5.05. The van der Waals surface area contributed by atoms with Crippen molar-refractivity contribution in [3.8, 4) is 0 Å². The van der Waals surface area contributed by atoms with Crippen molar-refractivity contribution in [3.63, 3.8) is 0 Å². The molecule has 1 amide bonds. The summed E-state index contributed by atoms with van der Waals surface area (Å²) >= 11 is 4.83. The molecule has 0 heterocycles. The maximum absolute atomic E-state index is 12.9. The second-order valence-electron chi connectivity index (χ2n) is 3.32. The fourth-order valence-corrected chi connectivity index (χ4v) is 1.18. The summed E-state index contributed by atoms with van der Waals surface area (Å²) < 4.78 is 61.3. The number of carbonyl (C=O) groups is 1. The molecule has 2 unspecified atom stereocenters. The van der Waals surface area contributed by atoms with E-state index >= 15 is 0 Å². The van der Waals surface area contributed by atoms with Crippen molar-refractivity contribution < 1.29 is 26.7 Å². The van der Waals surface area contributed by atoms with Gasteiger partial charge in [0.15, 0.2) is 0 Å². The zero-order chi connectivity index (χ0) is 13.9. The summed E-state index contributed by atoms with van der Waals surface area (Å²) in [6, 6.07) is 3.72. The average molecular weight is 288 g/mol. The molecule has 0 saturated heterocycles. The van der Waals surface area contributed by atoms with Crippen molar-refractivity contribution in [1.82, 2.24) is 0 Å². The van der Waals surface area contributed by atoms with E-state index in [9.17, 15) is 26.7 Å². The molecule has 1 N–H and O–H groups in total. The lowest BCUT2D eigenvalue weighted by atomic mass is 10.1. The van der Waals surface area contributed by atoms with E-state index in [0.29, 0.717) is 0 Å². The third-order valence-corrected chi connectivity index (χ3v) is 2.15. The van der Waals surface area contributed by atoms with Crippen LogP contribution in [0.25, 0.3) is 0 Å². The Kier molecular flexibility index (Phi) is 4.50. The second kappa shape index (κ2) is 5.51. The number of halogens is 6. The van der Waals surface area contributed by atoms with E-state index in [4.69, 9.17) is 11.6 Å². The SMILES string of the molecule is O=C(Nc1ccc(C(F)C(F)(F)F)cc1)C(F)Cl. The molecule has 2 nitrogen and oxygen atoms in total. The summed E-state index contributed by atoms with van der Waals surface area (Å²) in [6.07, 6.45) is -8.10. The highest BCUT2D eigenvalue weighted by atomic mass is 35.5. The van der Waals surface area contributed by atoms with Gasteiger partial charge in [-0.25, -0.2) is 8.78 Å². The number of rotatable bonds is 3. The van der Waals surface area contributed by atoms with Gasteiger partial charge < -0.3 is 5.32 Å². The van der Waals surface area contributed by atoms with Gasteiger partial charge in [-0.05, 0) is 17.7 Å². The molecule has 2 atom stereocenters. The van der Waals surface area contributed by atoms with Crippen molar-refractivity contribution in [3.05, 3.63) is 29.8 Å². The minimum atomic E-state index is -5.00. The van der Waals surface area contributed by atoms with Crippen LogP contribution in [0.4, 0.5) is 27.6 Å². The monoisotopic (exact) mass is 287 g/mol. The van der Waals surface area contributed by atoms with Crippen LogP contribution in [0.2, 0.25) is 0 Å². The number of benzene rings is 1. The summed E-state index contributed by atoms with van der Waals surface area (Å²) in [4.78, 5) is 10.8. The highest BCUT2D eigenvalue weighted by Gasteiger charge is 2.41. The first-order valence-electron chi connectivity index (χ1n) is 4.61. The van der Waals surface area contributed by atoms with Crippen LogP contribution in [-0.2, 0) is 4.79 Å². The Labute approximate surface area is 104 Å². The smallest absolute Gasteiger partial charge is 0.322 e. The lowest BCUT2D eigenvalue weighted by Gasteiger charge is -2.13. The van der Waals surface area contributed by atoms with Gasteiger partial charge in [0.25, 0.3) is 11.5 Å². The second-order valence-corrected chi connectivity index (χ2v) is 3.70. The number of amides is 1. The highest BCUT2D eigenvalue weighted by molar-refractivity contribution is 6.31. The number of hydrogen-bond donors (Lipinski definition) is 1. The molecule has 1 aromatic carbocycles. The minimum absolute atomic E-state index is 0.0152. The molecule has 0 spiro atoms. The number of anilines is 1. The summed E-state index contributed by atoms with van der Waals surface area (Å²) in [5, 5.41) is 2.00. The molecule has 0 aliphatic heterocycles. The number of alkyl halides is 6. The molecular weight excluding hydrogens is 281 g/mol. The molecule has 100 valence electrons. The van der Waals surface area contributed by atoms with Crippen molar-refractivity contribution >= 4 is 23.2 Å². The van der Waals surface area contributed by atoms with Crippen LogP contribution < -0.4 is 5.32 Å². The van der Waals surface area contributed by atoms with Crippen molar-refractivity contribution in [2.24, 2.45) is 0 Å². The normalized spacial score (nSPS) is 15.0. The van der Waals surface area contributed by atoms with Crippen LogP contribution in [0.5, 0.6) is 0 Å². The van der Waals surface area contributed by atoms with Gasteiger partial charge in [0.05, 0.1) is 0 Å². The Balaban J connectivity index is 2.78. The predicted molar refractivity (Wildman–Crippen MR) is 55.7 cm³/mol. The van der Waals surface area contributed by atoms with Gasteiger partial charge in [-0.15, -0.1) is 0 Å². The Morgan fingerprint density at radius 2 is 1.67 bits per heavy atom. The molecule has 8 heteroatoms.